The summed E-state index contributed by atoms with van der Waals surface area (Å²) in [5.74, 6) is -0.717. The molecule has 2 aromatic rings. The first-order valence-electron chi connectivity index (χ1n) is 7.61. The number of carbonyl (C=O) groups is 2. The lowest BCUT2D eigenvalue weighted by atomic mass is 9.91. The van der Waals surface area contributed by atoms with E-state index in [1.54, 1.807) is 32.2 Å². The lowest BCUT2D eigenvalue weighted by molar-refractivity contribution is -0.141. The molecule has 0 atom stereocenters. The number of benzene rings is 1. The van der Waals surface area contributed by atoms with E-state index in [9.17, 15) is 9.59 Å². The van der Waals surface area contributed by atoms with Crippen LogP contribution in [-0.2, 0) is 22.7 Å². The van der Waals surface area contributed by atoms with Crippen molar-refractivity contribution in [3.8, 4) is 0 Å². The van der Waals surface area contributed by atoms with Gasteiger partial charge in [-0.15, -0.1) is 0 Å². The summed E-state index contributed by atoms with van der Waals surface area (Å²) >= 11 is 6.06. The van der Waals surface area contributed by atoms with Gasteiger partial charge in [0.1, 0.15) is 5.41 Å². The maximum Gasteiger partial charge on any atom is 0.235 e. The smallest absolute Gasteiger partial charge is 0.235 e. The molecule has 0 aliphatic rings. The molecular weight excluding hydrogens is 326 g/mol. The van der Waals surface area contributed by atoms with Crippen LogP contribution >= 0.6 is 11.6 Å². The molecule has 2 N–H and O–H groups in total. The standard InChI is InChI=1S/C18H20ClN3O2/c1-18(2,17(24)22-12-14-8-5-6-10-20-14)16(23)21-11-13-7-3-4-9-15(13)19/h3-10H,11-12H2,1-2H3,(H,21,23)(H,22,24). The van der Waals surface area contributed by atoms with Gasteiger partial charge in [0.25, 0.3) is 0 Å². The molecule has 0 bridgehead atoms. The van der Waals surface area contributed by atoms with E-state index in [1.165, 1.54) is 0 Å². The minimum Gasteiger partial charge on any atom is -0.351 e. The maximum atomic E-state index is 12.4. The van der Waals surface area contributed by atoms with Gasteiger partial charge in [-0.1, -0.05) is 35.9 Å². The highest BCUT2D eigenvalue weighted by molar-refractivity contribution is 6.31. The third-order valence-electron chi connectivity index (χ3n) is 3.69. The van der Waals surface area contributed by atoms with Crippen molar-refractivity contribution in [3.63, 3.8) is 0 Å². The Hall–Kier alpha value is -2.40. The van der Waals surface area contributed by atoms with Crippen molar-refractivity contribution in [3.05, 3.63) is 64.9 Å². The molecule has 0 aliphatic heterocycles. The van der Waals surface area contributed by atoms with Crippen LogP contribution in [0.1, 0.15) is 25.1 Å². The van der Waals surface area contributed by atoms with Crippen molar-refractivity contribution >= 4 is 23.4 Å². The third kappa shape index (κ3) is 4.55. The number of pyridine rings is 1. The highest BCUT2D eigenvalue weighted by Crippen LogP contribution is 2.18. The van der Waals surface area contributed by atoms with Gasteiger partial charge in [0.05, 0.1) is 12.2 Å². The molecule has 126 valence electrons. The number of nitrogens with one attached hydrogen (secondary N) is 2. The molecule has 0 saturated carbocycles. The fraction of sp³-hybridized carbons (Fsp3) is 0.278. The molecule has 0 unspecified atom stereocenters. The minimum atomic E-state index is -1.20. The third-order valence-corrected chi connectivity index (χ3v) is 4.06. The molecule has 2 rings (SSSR count). The van der Waals surface area contributed by atoms with Gasteiger partial charge in [0.2, 0.25) is 11.8 Å². The van der Waals surface area contributed by atoms with Gasteiger partial charge in [-0.3, -0.25) is 14.6 Å². The van der Waals surface area contributed by atoms with E-state index in [1.807, 2.05) is 30.3 Å². The summed E-state index contributed by atoms with van der Waals surface area (Å²) in [6, 6.07) is 12.7. The minimum absolute atomic E-state index is 0.273. The van der Waals surface area contributed by atoms with Gasteiger partial charge >= 0.3 is 0 Å². The maximum absolute atomic E-state index is 12.4. The normalized spacial score (nSPS) is 11.0. The number of halogens is 1. The molecular formula is C18H20ClN3O2. The van der Waals surface area contributed by atoms with E-state index in [0.29, 0.717) is 5.02 Å². The molecule has 0 fully saturated rings. The zero-order chi connectivity index (χ0) is 17.6. The van der Waals surface area contributed by atoms with Gasteiger partial charge in [0, 0.05) is 17.8 Å². The Morgan fingerprint density at radius 2 is 1.62 bits per heavy atom. The average molecular weight is 346 g/mol. The summed E-state index contributed by atoms with van der Waals surface area (Å²) in [6.45, 7) is 3.72. The molecule has 1 heterocycles. The zero-order valence-corrected chi connectivity index (χ0v) is 14.4. The number of rotatable bonds is 6. The molecule has 5 nitrogen and oxygen atoms in total. The highest BCUT2D eigenvalue weighted by Gasteiger charge is 2.35. The number of amides is 2. The van der Waals surface area contributed by atoms with Crippen LogP contribution in [0.2, 0.25) is 5.02 Å². The van der Waals surface area contributed by atoms with Crippen molar-refractivity contribution in [2.75, 3.05) is 0 Å². The van der Waals surface area contributed by atoms with Crippen LogP contribution < -0.4 is 10.6 Å². The molecule has 0 saturated heterocycles. The summed E-state index contributed by atoms with van der Waals surface area (Å²) in [4.78, 5) is 28.8. The quantitative estimate of drug-likeness (QED) is 0.791. The van der Waals surface area contributed by atoms with Gasteiger partial charge in [-0.2, -0.15) is 0 Å². The lowest BCUT2D eigenvalue weighted by Crippen LogP contribution is -2.47. The second-order valence-electron chi connectivity index (χ2n) is 5.90. The molecule has 0 radical (unpaired) electrons. The monoisotopic (exact) mass is 345 g/mol. The van der Waals surface area contributed by atoms with Gasteiger partial charge < -0.3 is 10.6 Å². The molecule has 24 heavy (non-hydrogen) atoms. The number of hydrogen-bond donors (Lipinski definition) is 2. The van der Waals surface area contributed by atoms with Crippen LogP contribution in [-0.4, -0.2) is 16.8 Å². The van der Waals surface area contributed by atoms with Crippen molar-refractivity contribution in [1.29, 1.82) is 0 Å². The second kappa shape index (κ2) is 7.93. The summed E-state index contributed by atoms with van der Waals surface area (Å²) in [7, 11) is 0. The molecule has 1 aromatic heterocycles. The summed E-state index contributed by atoms with van der Waals surface area (Å²) in [5.41, 5.74) is 0.339. The van der Waals surface area contributed by atoms with E-state index in [-0.39, 0.29) is 24.9 Å². The second-order valence-corrected chi connectivity index (χ2v) is 6.31. The Kier molecular flexibility index (Phi) is 5.93. The fourth-order valence-electron chi connectivity index (χ4n) is 2.04. The Balaban J connectivity index is 1.91. The number of hydrogen-bond acceptors (Lipinski definition) is 3. The van der Waals surface area contributed by atoms with Crippen LogP contribution in [0.25, 0.3) is 0 Å². The van der Waals surface area contributed by atoms with E-state index < -0.39 is 5.41 Å². The van der Waals surface area contributed by atoms with Gasteiger partial charge in [0.15, 0.2) is 0 Å². The lowest BCUT2D eigenvalue weighted by Gasteiger charge is -2.22. The molecule has 1 aromatic carbocycles. The molecule has 0 spiro atoms. The molecule has 6 heteroatoms. The largest absolute Gasteiger partial charge is 0.351 e. The van der Waals surface area contributed by atoms with E-state index >= 15 is 0 Å². The number of nitrogens with zero attached hydrogens (tertiary/aromatic N) is 1. The SMILES string of the molecule is CC(C)(C(=O)NCc1ccccn1)C(=O)NCc1ccccc1Cl. The Bertz CT molecular complexity index is 717. The number of carbonyl (C=O) groups excluding carboxylic acids is 2. The highest BCUT2D eigenvalue weighted by atomic mass is 35.5. The Labute approximate surface area is 146 Å². The first kappa shape index (κ1) is 17.9. The number of aromatic nitrogens is 1. The Morgan fingerprint density at radius 1 is 1.00 bits per heavy atom. The van der Waals surface area contributed by atoms with Crippen LogP contribution in [0.15, 0.2) is 48.7 Å². The molecule has 0 aliphatic carbocycles. The first-order valence-corrected chi connectivity index (χ1v) is 7.99. The van der Waals surface area contributed by atoms with E-state index in [0.717, 1.165) is 11.3 Å². The van der Waals surface area contributed by atoms with Crippen molar-refractivity contribution in [2.24, 2.45) is 5.41 Å². The van der Waals surface area contributed by atoms with E-state index in [2.05, 4.69) is 15.6 Å². The Morgan fingerprint density at radius 3 is 2.25 bits per heavy atom. The predicted octanol–water partition coefficient (Wildman–Crippen LogP) is 2.69. The summed E-state index contributed by atoms with van der Waals surface area (Å²) in [5, 5.41) is 6.08. The predicted molar refractivity (Wildman–Crippen MR) is 93.2 cm³/mol. The average Bonchev–Trinajstić information content (AvgIpc) is 2.59. The van der Waals surface area contributed by atoms with Crippen LogP contribution in [0, 0.1) is 5.41 Å². The van der Waals surface area contributed by atoms with Crippen molar-refractivity contribution < 1.29 is 9.59 Å². The van der Waals surface area contributed by atoms with Crippen LogP contribution in [0.4, 0.5) is 0 Å². The zero-order valence-electron chi connectivity index (χ0n) is 13.7. The summed E-state index contributed by atoms with van der Waals surface area (Å²) < 4.78 is 0. The summed E-state index contributed by atoms with van der Waals surface area (Å²) in [6.07, 6.45) is 1.66. The fourth-order valence-corrected chi connectivity index (χ4v) is 2.24. The first-order chi connectivity index (χ1) is 11.4. The van der Waals surface area contributed by atoms with Crippen LogP contribution in [0.5, 0.6) is 0 Å². The van der Waals surface area contributed by atoms with Gasteiger partial charge in [-0.05, 0) is 37.6 Å². The van der Waals surface area contributed by atoms with Crippen molar-refractivity contribution in [2.45, 2.75) is 26.9 Å². The van der Waals surface area contributed by atoms with E-state index in [4.69, 9.17) is 11.6 Å². The molecule has 2 amide bonds. The van der Waals surface area contributed by atoms with Crippen molar-refractivity contribution in [1.82, 2.24) is 15.6 Å². The van der Waals surface area contributed by atoms with Crippen LogP contribution in [0.3, 0.4) is 0 Å². The van der Waals surface area contributed by atoms with Gasteiger partial charge in [-0.25, -0.2) is 0 Å². The topological polar surface area (TPSA) is 71.1 Å².